The average molecular weight is 711 g/mol. The van der Waals surface area contributed by atoms with Crippen LogP contribution in [0.2, 0.25) is 0 Å². The van der Waals surface area contributed by atoms with Crippen LogP contribution in [0.1, 0.15) is 52.2 Å². The van der Waals surface area contributed by atoms with Crippen LogP contribution in [0, 0.1) is 11.3 Å². The molecule has 4 amide bonds. The van der Waals surface area contributed by atoms with Gasteiger partial charge >= 0.3 is 12.2 Å². The number of aromatic nitrogens is 1. The predicted octanol–water partition coefficient (Wildman–Crippen LogP) is 4.27. The first kappa shape index (κ1) is 39.9. The van der Waals surface area contributed by atoms with Gasteiger partial charge in [0.05, 0.1) is 36.8 Å². The number of carbonyl (C=O) groups excluding carboxylic acids is 4. The number of ether oxygens (including phenoxy) is 2. The van der Waals surface area contributed by atoms with E-state index in [0.717, 1.165) is 21.6 Å². The van der Waals surface area contributed by atoms with E-state index in [1.165, 1.54) is 25.6 Å². The third-order valence-electron chi connectivity index (χ3n) is 8.34. The molecule has 272 valence electrons. The minimum atomic E-state index is -1.20. The van der Waals surface area contributed by atoms with E-state index in [2.05, 4.69) is 26.4 Å². The molecular weight excluding hydrogens is 660 g/mol. The lowest BCUT2D eigenvalue weighted by Gasteiger charge is -2.35. The monoisotopic (exact) mass is 710 g/mol. The van der Waals surface area contributed by atoms with Gasteiger partial charge in [-0.15, -0.1) is 11.3 Å². The van der Waals surface area contributed by atoms with Gasteiger partial charge in [-0.25, -0.2) is 14.6 Å². The first-order valence-corrected chi connectivity index (χ1v) is 17.4. The molecule has 3 rings (SSSR count). The number of nitrogens with zero attached hydrogens (tertiary/aromatic N) is 2. The summed E-state index contributed by atoms with van der Waals surface area (Å²) in [5, 5.41) is 21.6. The highest BCUT2D eigenvalue weighted by Gasteiger charge is 2.36. The van der Waals surface area contributed by atoms with Crippen molar-refractivity contribution in [1.82, 2.24) is 31.4 Å². The third kappa shape index (κ3) is 12.1. The van der Waals surface area contributed by atoms with Crippen molar-refractivity contribution < 1.29 is 33.8 Å². The molecule has 14 heteroatoms. The van der Waals surface area contributed by atoms with Crippen molar-refractivity contribution >= 4 is 35.3 Å². The summed E-state index contributed by atoms with van der Waals surface area (Å²) in [5.41, 5.74) is 6.67. The van der Waals surface area contributed by atoms with Crippen LogP contribution in [0.15, 0.2) is 66.3 Å². The molecule has 5 unspecified atom stereocenters. The fraction of sp³-hybridized carbons (Fsp3) is 0.472. The Bertz CT molecular complexity index is 1520. The van der Waals surface area contributed by atoms with Crippen molar-refractivity contribution in [3.63, 3.8) is 0 Å². The number of methoxy groups -OCH3 is 2. The maximum absolute atomic E-state index is 13.7. The van der Waals surface area contributed by atoms with Crippen LogP contribution in [0.25, 0.3) is 10.4 Å². The molecule has 3 aromatic rings. The Labute approximate surface area is 298 Å². The Kier molecular flexibility index (Phi) is 15.2. The lowest BCUT2D eigenvalue weighted by molar-refractivity contribution is -0.131. The molecule has 0 spiro atoms. The number of aliphatic hydroxyl groups excluding tert-OH is 1. The molecule has 2 aromatic carbocycles. The lowest BCUT2D eigenvalue weighted by atomic mass is 9.85. The van der Waals surface area contributed by atoms with Crippen LogP contribution >= 0.6 is 11.3 Å². The number of aliphatic hydroxyl groups is 1. The molecule has 0 bridgehead atoms. The van der Waals surface area contributed by atoms with E-state index in [0.29, 0.717) is 6.42 Å². The molecule has 1 heterocycles. The van der Waals surface area contributed by atoms with Gasteiger partial charge in [0.2, 0.25) is 5.91 Å². The van der Waals surface area contributed by atoms with Gasteiger partial charge in [-0.1, -0.05) is 95.6 Å². The predicted molar refractivity (Wildman–Crippen MR) is 192 cm³/mol. The van der Waals surface area contributed by atoms with Crippen molar-refractivity contribution in [3.8, 4) is 10.4 Å². The molecule has 0 aliphatic carbocycles. The molecule has 0 aliphatic rings. The van der Waals surface area contributed by atoms with Gasteiger partial charge in [0.15, 0.2) is 0 Å². The molecule has 0 fully saturated rings. The second-order valence-corrected chi connectivity index (χ2v) is 14.1. The largest absolute Gasteiger partial charge is 0.453 e. The van der Waals surface area contributed by atoms with Crippen LogP contribution in [0.3, 0.4) is 0 Å². The Morgan fingerprint density at radius 1 is 0.900 bits per heavy atom. The molecule has 5 atom stereocenters. The van der Waals surface area contributed by atoms with Crippen molar-refractivity contribution in [1.29, 1.82) is 0 Å². The highest BCUT2D eigenvalue weighted by atomic mass is 32.1. The van der Waals surface area contributed by atoms with Crippen LogP contribution in [-0.4, -0.2) is 84.1 Å². The fourth-order valence-electron chi connectivity index (χ4n) is 5.24. The first-order chi connectivity index (χ1) is 23.7. The van der Waals surface area contributed by atoms with E-state index >= 15 is 0 Å². The third-order valence-corrected chi connectivity index (χ3v) is 9.16. The average Bonchev–Trinajstić information content (AvgIpc) is 3.64. The Morgan fingerprint density at radius 3 is 2.10 bits per heavy atom. The van der Waals surface area contributed by atoms with E-state index in [-0.39, 0.29) is 25.4 Å². The number of hydrogen-bond acceptors (Lipinski definition) is 10. The Hall–Kier alpha value is -4.53. The number of amides is 4. The molecule has 0 saturated heterocycles. The zero-order chi connectivity index (χ0) is 36.8. The topological polar surface area (TPSA) is 171 Å². The quantitative estimate of drug-likeness (QED) is 0.136. The summed E-state index contributed by atoms with van der Waals surface area (Å²) in [6.45, 7) is 9.27. The SMILES string of the molecule is CCC(C)C(NC(=O)OC)C(=O)NN(Cc1ccc(-c2cncs2)cc1)CC(O)C(Cc1ccccc1)NC(=O)C(NC(=O)OC)C(C)(C)C. The van der Waals surface area contributed by atoms with E-state index < -0.39 is 53.6 Å². The summed E-state index contributed by atoms with van der Waals surface area (Å²) < 4.78 is 9.53. The molecule has 0 aliphatic heterocycles. The van der Waals surface area contributed by atoms with E-state index in [4.69, 9.17) is 9.47 Å². The van der Waals surface area contributed by atoms with Crippen LogP contribution in [0.4, 0.5) is 9.59 Å². The van der Waals surface area contributed by atoms with E-state index in [1.54, 1.807) is 16.7 Å². The van der Waals surface area contributed by atoms with Crippen molar-refractivity contribution in [3.05, 3.63) is 77.4 Å². The second-order valence-electron chi connectivity index (χ2n) is 13.2. The van der Waals surface area contributed by atoms with Gasteiger partial charge < -0.3 is 30.5 Å². The Morgan fingerprint density at radius 2 is 1.54 bits per heavy atom. The minimum Gasteiger partial charge on any atom is -0.453 e. The smallest absolute Gasteiger partial charge is 0.407 e. The number of rotatable bonds is 16. The zero-order valence-corrected chi connectivity index (χ0v) is 30.6. The van der Waals surface area contributed by atoms with E-state index in [1.807, 2.05) is 89.2 Å². The summed E-state index contributed by atoms with van der Waals surface area (Å²) in [4.78, 5) is 56.9. The van der Waals surface area contributed by atoms with Crippen LogP contribution in [-0.2, 0) is 32.0 Å². The fourth-order valence-corrected chi connectivity index (χ4v) is 5.87. The van der Waals surface area contributed by atoms with E-state index in [9.17, 15) is 24.3 Å². The first-order valence-electron chi connectivity index (χ1n) is 16.5. The number of alkyl carbamates (subject to hydrolysis) is 2. The normalized spacial score (nSPS) is 14.4. The number of benzene rings is 2. The van der Waals surface area contributed by atoms with Crippen molar-refractivity contribution in [2.45, 2.75) is 78.2 Å². The van der Waals surface area contributed by atoms with Crippen LogP contribution < -0.4 is 21.4 Å². The van der Waals surface area contributed by atoms with Crippen LogP contribution in [0.5, 0.6) is 0 Å². The molecular formula is C36H50N6O7S. The second kappa shape index (κ2) is 19.0. The number of hydrogen-bond donors (Lipinski definition) is 5. The van der Waals surface area contributed by atoms with Crippen molar-refractivity contribution in [2.75, 3.05) is 20.8 Å². The highest BCUT2D eigenvalue weighted by molar-refractivity contribution is 7.13. The molecule has 50 heavy (non-hydrogen) atoms. The van der Waals surface area contributed by atoms with Gasteiger partial charge in [0.25, 0.3) is 5.91 Å². The van der Waals surface area contributed by atoms with Gasteiger partial charge in [0, 0.05) is 19.3 Å². The Balaban J connectivity index is 1.94. The van der Waals surface area contributed by atoms with Gasteiger partial charge in [0.1, 0.15) is 12.1 Å². The summed E-state index contributed by atoms with van der Waals surface area (Å²) in [6, 6.07) is 14.4. The zero-order valence-electron chi connectivity index (χ0n) is 29.8. The maximum atomic E-state index is 13.7. The number of carbonyl (C=O) groups is 4. The van der Waals surface area contributed by atoms with Gasteiger partial charge in [-0.2, -0.15) is 0 Å². The maximum Gasteiger partial charge on any atom is 0.407 e. The summed E-state index contributed by atoms with van der Waals surface area (Å²) in [5.74, 6) is -1.23. The summed E-state index contributed by atoms with van der Waals surface area (Å²) >= 11 is 1.52. The minimum absolute atomic E-state index is 0.101. The number of thiazole rings is 1. The standard InChI is InChI=1S/C36H50N6O7S/c1-8-23(2)30(39-34(46)48-6)32(44)41-42(20-25-14-16-26(17-15-25)29-19-37-22-50-29)21-28(43)27(18-24-12-10-9-11-13-24)38-33(45)31(36(3,4)5)40-35(47)49-7/h9-17,19,22-23,27-28,30-31,43H,8,18,20-21H2,1-7H3,(H,38,45)(H,39,46)(H,40,47)(H,41,44). The molecule has 1 aromatic heterocycles. The number of nitrogens with one attached hydrogen (secondary N) is 4. The van der Waals surface area contributed by atoms with Gasteiger partial charge in [-0.3, -0.25) is 20.0 Å². The highest BCUT2D eigenvalue weighted by Crippen LogP contribution is 2.24. The summed E-state index contributed by atoms with van der Waals surface area (Å²) in [6.07, 6.45) is -0.0536. The summed E-state index contributed by atoms with van der Waals surface area (Å²) in [7, 11) is 2.45. The lowest BCUT2D eigenvalue weighted by Crippen LogP contribution is -2.60. The molecule has 0 radical (unpaired) electrons. The number of hydrazine groups is 1. The van der Waals surface area contributed by atoms with Gasteiger partial charge in [-0.05, 0) is 34.4 Å². The molecule has 5 N–H and O–H groups in total. The molecule has 13 nitrogen and oxygen atoms in total. The van der Waals surface area contributed by atoms with Crippen molar-refractivity contribution in [2.24, 2.45) is 11.3 Å². The molecule has 0 saturated carbocycles.